The molecule has 1 aliphatic rings. The van der Waals surface area contributed by atoms with Gasteiger partial charge in [0, 0.05) is 12.6 Å². The fraction of sp³-hybridized carbons (Fsp3) is 0.267. The zero-order valence-corrected chi connectivity index (χ0v) is 12.9. The lowest BCUT2D eigenvalue weighted by atomic mass is 10.2. The van der Waals surface area contributed by atoms with Crippen molar-refractivity contribution < 1.29 is 8.42 Å². The summed E-state index contributed by atoms with van der Waals surface area (Å²) in [4.78, 5) is 0.253. The lowest BCUT2D eigenvalue weighted by Crippen LogP contribution is -2.32. The van der Waals surface area contributed by atoms with Gasteiger partial charge in [-0.2, -0.15) is 20.9 Å². The van der Waals surface area contributed by atoms with E-state index < -0.39 is 10.0 Å². The van der Waals surface area contributed by atoms with Gasteiger partial charge in [-0.05, 0) is 59.5 Å². The topological polar surface area (TPSA) is 61.2 Å². The van der Waals surface area contributed by atoms with Gasteiger partial charge < -0.3 is 0 Å². The van der Waals surface area contributed by atoms with Crippen molar-refractivity contribution in [3.8, 4) is 6.07 Å². The van der Waals surface area contributed by atoms with Crippen LogP contribution in [0.1, 0.15) is 24.0 Å². The largest absolute Gasteiger partial charge is 0.243 e. The molecule has 1 fully saturated rings. The fourth-order valence-corrected chi connectivity index (χ4v) is 4.51. The number of hydrogen-bond donors (Lipinski definition) is 0. The van der Waals surface area contributed by atoms with Gasteiger partial charge in [-0.25, -0.2) is 8.42 Å². The molecule has 0 bridgehead atoms. The van der Waals surface area contributed by atoms with Crippen molar-refractivity contribution in [3.63, 3.8) is 0 Å². The van der Waals surface area contributed by atoms with Gasteiger partial charge in [-0.1, -0.05) is 0 Å². The van der Waals surface area contributed by atoms with Crippen LogP contribution in [0.25, 0.3) is 0 Å². The van der Waals surface area contributed by atoms with Crippen LogP contribution in [0.15, 0.2) is 46.0 Å². The summed E-state index contributed by atoms with van der Waals surface area (Å²) in [6, 6.07) is 10.2. The van der Waals surface area contributed by atoms with Gasteiger partial charge in [0.2, 0.25) is 10.0 Å². The van der Waals surface area contributed by atoms with E-state index in [0.29, 0.717) is 12.1 Å². The van der Waals surface area contributed by atoms with Crippen LogP contribution in [-0.4, -0.2) is 18.8 Å². The van der Waals surface area contributed by atoms with Crippen LogP contribution < -0.4 is 0 Å². The van der Waals surface area contributed by atoms with Gasteiger partial charge in [-0.3, -0.25) is 0 Å². The molecular formula is C15H14N2O2S2. The first kappa shape index (κ1) is 14.3. The van der Waals surface area contributed by atoms with Crippen LogP contribution in [0.5, 0.6) is 0 Å². The average Bonchev–Trinajstić information content (AvgIpc) is 3.20. The minimum atomic E-state index is -3.51. The van der Waals surface area contributed by atoms with E-state index in [2.05, 4.69) is 0 Å². The summed E-state index contributed by atoms with van der Waals surface area (Å²) < 4.78 is 27.2. The molecular weight excluding hydrogens is 304 g/mol. The third-order valence-corrected chi connectivity index (χ3v) is 6.11. The fourth-order valence-electron chi connectivity index (χ4n) is 2.17. The van der Waals surface area contributed by atoms with Gasteiger partial charge in [0.15, 0.2) is 0 Å². The molecule has 6 heteroatoms. The third-order valence-electron chi connectivity index (χ3n) is 3.46. The number of rotatable bonds is 5. The van der Waals surface area contributed by atoms with E-state index in [-0.39, 0.29) is 10.9 Å². The molecule has 1 aliphatic carbocycles. The van der Waals surface area contributed by atoms with Crippen molar-refractivity contribution >= 4 is 21.4 Å². The van der Waals surface area contributed by atoms with Gasteiger partial charge >= 0.3 is 0 Å². The molecule has 0 spiro atoms. The molecule has 21 heavy (non-hydrogen) atoms. The Labute approximate surface area is 128 Å². The number of nitrogens with zero attached hydrogens (tertiary/aromatic N) is 2. The Morgan fingerprint density at radius 3 is 2.48 bits per heavy atom. The summed E-state index contributed by atoms with van der Waals surface area (Å²) in [6.45, 7) is 0.413. The van der Waals surface area contributed by atoms with E-state index in [9.17, 15) is 8.42 Å². The van der Waals surface area contributed by atoms with E-state index in [1.165, 1.54) is 12.1 Å². The molecule has 1 aromatic heterocycles. The van der Waals surface area contributed by atoms with E-state index in [0.717, 1.165) is 18.4 Å². The molecule has 0 saturated heterocycles. The first-order chi connectivity index (χ1) is 10.1. The minimum absolute atomic E-state index is 0.102. The highest BCUT2D eigenvalue weighted by Crippen LogP contribution is 2.33. The predicted octanol–water partition coefficient (Wildman–Crippen LogP) is 2.97. The second kappa shape index (κ2) is 5.60. The predicted molar refractivity (Wildman–Crippen MR) is 81.2 cm³/mol. The maximum absolute atomic E-state index is 12.8. The minimum Gasteiger partial charge on any atom is -0.207 e. The Bertz CT molecular complexity index is 755. The average molecular weight is 318 g/mol. The lowest BCUT2D eigenvalue weighted by Gasteiger charge is -2.21. The number of thiophene rings is 1. The Morgan fingerprint density at radius 1 is 1.24 bits per heavy atom. The van der Waals surface area contributed by atoms with Crippen LogP contribution in [0.2, 0.25) is 0 Å². The highest BCUT2D eigenvalue weighted by atomic mass is 32.2. The molecule has 1 aromatic carbocycles. The second-order valence-electron chi connectivity index (χ2n) is 5.05. The molecule has 0 amide bonds. The van der Waals surface area contributed by atoms with E-state index >= 15 is 0 Å². The van der Waals surface area contributed by atoms with Gasteiger partial charge in [0.1, 0.15) is 0 Å². The van der Waals surface area contributed by atoms with Crippen LogP contribution >= 0.6 is 11.3 Å². The number of benzene rings is 1. The molecule has 2 aromatic rings. The zero-order valence-electron chi connectivity index (χ0n) is 11.3. The van der Waals surface area contributed by atoms with Crippen molar-refractivity contribution in [2.24, 2.45) is 0 Å². The molecule has 108 valence electrons. The second-order valence-corrected chi connectivity index (χ2v) is 7.72. The number of hydrogen-bond acceptors (Lipinski definition) is 4. The Morgan fingerprint density at radius 2 is 1.95 bits per heavy atom. The molecule has 3 rings (SSSR count). The zero-order chi connectivity index (χ0) is 14.9. The number of sulfonamides is 1. The van der Waals surface area contributed by atoms with Crippen LogP contribution in [0.3, 0.4) is 0 Å². The van der Waals surface area contributed by atoms with Gasteiger partial charge in [0.25, 0.3) is 0 Å². The van der Waals surface area contributed by atoms with Crippen molar-refractivity contribution in [2.75, 3.05) is 0 Å². The molecule has 1 heterocycles. The summed E-state index contributed by atoms with van der Waals surface area (Å²) in [5.74, 6) is 0. The molecule has 0 N–H and O–H groups in total. The SMILES string of the molecule is N#Cc1ccc(S(=O)(=O)N(Cc2ccsc2)C2CC2)cc1. The number of nitriles is 1. The summed E-state index contributed by atoms with van der Waals surface area (Å²) in [5, 5.41) is 12.7. The Kier molecular flexibility index (Phi) is 3.81. The van der Waals surface area contributed by atoms with Gasteiger partial charge in [0.05, 0.1) is 16.5 Å². The standard InChI is InChI=1S/C15H14N2O2S2/c16-9-12-1-5-15(6-2-12)21(18,19)17(14-3-4-14)10-13-7-8-20-11-13/h1-2,5-8,11,14H,3-4,10H2. The highest BCUT2D eigenvalue weighted by Gasteiger charge is 2.38. The smallest absolute Gasteiger partial charge is 0.207 e. The van der Waals surface area contributed by atoms with Gasteiger partial charge in [-0.15, -0.1) is 0 Å². The van der Waals surface area contributed by atoms with Crippen molar-refractivity contribution in [1.29, 1.82) is 5.26 Å². The van der Waals surface area contributed by atoms with Crippen LogP contribution in [0, 0.1) is 11.3 Å². The summed E-state index contributed by atoms with van der Waals surface area (Å²) in [7, 11) is -3.51. The lowest BCUT2D eigenvalue weighted by molar-refractivity contribution is 0.399. The van der Waals surface area contributed by atoms with E-state index in [1.807, 2.05) is 22.9 Å². The maximum atomic E-state index is 12.8. The van der Waals surface area contributed by atoms with Crippen molar-refractivity contribution in [3.05, 3.63) is 52.2 Å². The van der Waals surface area contributed by atoms with Crippen LogP contribution in [0.4, 0.5) is 0 Å². The summed E-state index contributed by atoms with van der Waals surface area (Å²) in [6.07, 6.45) is 1.83. The first-order valence-electron chi connectivity index (χ1n) is 6.64. The molecule has 0 unspecified atom stereocenters. The van der Waals surface area contributed by atoms with E-state index in [1.54, 1.807) is 27.8 Å². The molecule has 0 aliphatic heterocycles. The maximum Gasteiger partial charge on any atom is 0.243 e. The Balaban J connectivity index is 1.91. The van der Waals surface area contributed by atoms with Crippen molar-refractivity contribution in [2.45, 2.75) is 30.3 Å². The molecule has 1 saturated carbocycles. The summed E-state index contributed by atoms with van der Waals surface area (Å²) >= 11 is 1.57. The third kappa shape index (κ3) is 3.00. The molecule has 4 nitrogen and oxygen atoms in total. The highest BCUT2D eigenvalue weighted by molar-refractivity contribution is 7.89. The van der Waals surface area contributed by atoms with Crippen LogP contribution in [-0.2, 0) is 16.6 Å². The first-order valence-corrected chi connectivity index (χ1v) is 9.02. The normalized spacial score (nSPS) is 15.0. The Hall–Kier alpha value is -1.68. The van der Waals surface area contributed by atoms with Crippen molar-refractivity contribution in [1.82, 2.24) is 4.31 Å². The van der Waals surface area contributed by atoms with E-state index in [4.69, 9.17) is 5.26 Å². The molecule has 0 radical (unpaired) electrons. The summed E-state index contributed by atoms with van der Waals surface area (Å²) in [5.41, 5.74) is 1.48. The quantitative estimate of drug-likeness (QED) is 0.851. The molecule has 0 atom stereocenters. The monoisotopic (exact) mass is 318 g/mol.